The summed E-state index contributed by atoms with van der Waals surface area (Å²) >= 11 is 0. The van der Waals surface area contributed by atoms with E-state index in [1.807, 2.05) is 4.57 Å². The zero-order chi connectivity index (χ0) is 11.9. The molecular formula is C13H12N2O2. The predicted octanol–water partition coefficient (Wildman–Crippen LogP) is 1.72. The Morgan fingerprint density at radius 3 is 2.65 bits per heavy atom. The number of aromatic nitrogens is 2. The second-order valence-electron chi connectivity index (χ2n) is 5.29. The van der Waals surface area contributed by atoms with Gasteiger partial charge in [-0.3, -0.25) is 9.59 Å². The molecule has 1 saturated carbocycles. The molecule has 86 valence electrons. The molecule has 1 fully saturated rings. The highest BCUT2D eigenvalue weighted by Crippen LogP contribution is 2.54. The van der Waals surface area contributed by atoms with Gasteiger partial charge in [0.15, 0.2) is 0 Å². The van der Waals surface area contributed by atoms with E-state index in [0.717, 1.165) is 12.4 Å². The number of imidazole rings is 1. The average Bonchev–Trinajstić information content (AvgIpc) is 2.83. The summed E-state index contributed by atoms with van der Waals surface area (Å²) < 4.78 is 1.98. The topological polar surface area (TPSA) is 52.0 Å². The second kappa shape index (κ2) is 2.58. The van der Waals surface area contributed by atoms with Gasteiger partial charge in [-0.25, -0.2) is 4.98 Å². The molecular weight excluding hydrogens is 216 g/mol. The van der Waals surface area contributed by atoms with Crippen molar-refractivity contribution in [2.75, 3.05) is 0 Å². The van der Waals surface area contributed by atoms with Crippen LogP contribution in [0, 0.1) is 5.92 Å². The lowest BCUT2D eigenvalue weighted by Crippen LogP contribution is -2.22. The highest BCUT2D eigenvalue weighted by atomic mass is 16.1. The van der Waals surface area contributed by atoms with Gasteiger partial charge in [0.25, 0.3) is 0 Å². The van der Waals surface area contributed by atoms with E-state index in [4.69, 9.17) is 0 Å². The first-order valence-corrected chi connectivity index (χ1v) is 5.97. The summed E-state index contributed by atoms with van der Waals surface area (Å²) in [5.74, 6) is 2.04. The van der Waals surface area contributed by atoms with Gasteiger partial charge in [0.1, 0.15) is 17.2 Å². The molecule has 0 spiro atoms. The maximum atomic E-state index is 12.2. The minimum atomic E-state index is -0.0730. The molecule has 0 bridgehead atoms. The van der Waals surface area contributed by atoms with Crippen molar-refractivity contribution in [2.24, 2.45) is 5.92 Å². The lowest BCUT2D eigenvalue weighted by molar-refractivity contribution is 0.0966. The van der Waals surface area contributed by atoms with Crippen LogP contribution in [0.3, 0.4) is 0 Å². The number of hydrogen-bond donors (Lipinski definition) is 0. The monoisotopic (exact) mass is 228 g/mol. The molecule has 0 saturated heterocycles. The summed E-state index contributed by atoms with van der Waals surface area (Å²) in [7, 11) is 0. The standard InChI is InChI=1S/C13H12N2O2/c1-5-6(2)12(17)10-9(11(5)16)14-13-8-3-7(8)4-15(10)13/h7-8H,3-4H2,1-2H3. The van der Waals surface area contributed by atoms with Crippen LogP contribution in [0.2, 0.25) is 0 Å². The summed E-state index contributed by atoms with van der Waals surface area (Å²) in [5.41, 5.74) is 2.05. The van der Waals surface area contributed by atoms with E-state index < -0.39 is 0 Å². The Bertz CT molecular complexity index is 636. The molecule has 2 aliphatic carbocycles. The Kier molecular flexibility index (Phi) is 1.42. The highest BCUT2D eigenvalue weighted by molar-refractivity contribution is 6.25. The Hall–Kier alpha value is -1.71. The number of fused-ring (bicyclic) bond motifs is 5. The zero-order valence-corrected chi connectivity index (χ0v) is 9.78. The zero-order valence-electron chi connectivity index (χ0n) is 9.78. The third kappa shape index (κ3) is 0.926. The van der Waals surface area contributed by atoms with E-state index in [-0.39, 0.29) is 11.6 Å². The fourth-order valence-corrected chi connectivity index (χ4v) is 3.02. The molecule has 1 aliphatic heterocycles. The van der Waals surface area contributed by atoms with Crippen LogP contribution in [0.15, 0.2) is 11.1 Å². The van der Waals surface area contributed by atoms with Crippen LogP contribution >= 0.6 is 0 Å². The Morgan fingerprint density at radius 2 is 1.88 bits per heavy atom. The van der Waals surface area contributed by atoms with E-state index in [1.54, 1.807) is 13.8 Å². The normalized spacial score (nSPS) is 29.3. The van der Waals surface area contributed by atoms with E-state index in [2.05, 4.69) is 4.98 Å². The molecule has 2 unspecified atom stereocenters. The molecule has 2 atom stereocenters. The number of Topliss-reactive ketones (excluding diaryl/α,β-unsaturated/α-hetero) is 2. The van der Waals surface area contributed by atoms with Crippen LogP contribution in [-0.4, -0.2) is 21.1 Å². The molecule has 0 N–H and O–H groups in total. The van der Waals surface area contributed by atoms with Crippen LogP contribution < -0.4 is 0 Å². The number of ketones is 2. The maximum absolute atomic E-state index is 12.2. The van der Waals surface area contributed by atoms with Crippen molar-refractivity contribution in [2.45, 2.75) is 32.7 Å². The van der Waals surface area contributed by atoms with E-state index >= 15 is 0 Å². The SMILES string of the molecule is CC1=C(C)C(=O)c2c(nc3n2CC2CC32)C1=O. The summed E-state index contributed by atoms with van der Waals surface area (Å²) in [6.07, 6.45) is 1.17. The van der Waals surface area contributed by atoms with Crippen LogP contribution in [0.1, 0.15) is 53.0 Å². The van der Waals surface area contributed by atoms with E-state index in [1.165, 1.54) is 6.42 Å². The van der Waals surface area contributed by atoms with Crippen LogP contribution in [0.25, 0.3) is 0 Å². The lowest BCUT2D eigenvalue weighted by Gasteiger charge is -2.14. The minimum absolute atomic E-state index is 0.0165. The molecule has 0 radical (unpaired) electrons. The summed E-state index contributed by atoms with van der Waals surface area (Å²) in [6, 6.07) is 0. The molecule has 0 aromatic carbocycles. The third-order valence-corrected chi connectivity index (χ3v) is 4.34. The van der Waals surface area contributed by atoms with Gasteiger partial charge < -0.3 is 4.57 Å². The van der Waals surface area contributed by atoms with Crippen LogP contribution in [0.5, 0.6) is 0 Å². The largest absolute Gasteiger partial charge is 0.324 e. The highest BCUT2D eigenvalue weighted by Gasteiger charge is 2.50. The van der Waals surface area contributed by atoms with Gasteiger partial charge in [0.05, 0.1) is 0 Å². The van der Waals surface area contributed by atoms with Crippen LogP contribution in [0.4, 0.5) is 0 Å². The van der Waals surface area contributed by atoms with Crippen molar-refractivity contribution >= 4 is 11.6 Å². The number of carbonyl (C=O) groups excluding carboxylic acids is 2. The molecule has 1 aromatic rings. The van der Waals surface area contributed by atoms with Gasteiger partial charge >= 0.3 is 0 Å². The van der Waals surface area contributed by atoms with Gasteiger partial charge in [-0.2, -0.15) is 0 Å². The fraction of sp³-hybridized carbons (Fsp3) is 0.462. The summed E-state index contributed by atoms with van der Waals surface area (Å²) in [6.45, 7) is 4.31. The van der Waals surface area contributed by atoms with Crippen molar-refractivity contribution in [3.8, 4) is 0 Å². The first-order chi connectivity index (χ1) is 8.09. The van der Waals surface area contributed by atoms with Gasteiger partial charge in [-0.1, -0.05) is 0 Å². The molecule has 4 nitrogen and oxygen atoms in total. The lowest BCUT2D eigenvalue weighted by atomic mass is 9.92. The first-order valence-electron chi connectivity index (χ1n) is 5.97. The molecule has 4 heteroatoms. The first kappa shape index (κ1) is 9.33. The fourth-order valence-electron chi connectivity index (χ4n) is 3.02. The molecule has 4 rings (SSSR count). The van der Waals surface area contributed by atoms with Crippen molar-refractivity contribution in [3.05, 3.63) is 28.4 Å². The number of nitrogens with zero attached hydrogens (tertiary/aromatic N) is 2. The van der Waals surface area contributed by atoms with Gasteiger partial charge in [0.2, 0.25) is 11.6 Å². The number of hydrogen-bond acceptors (Lipinski definition) is 3. The Morgan fingerprint density at radius 1 is 1.18 bits per heavy atom. The summed E-state index contributed by atoms with van der Waals surface area (Å²) in [5, 5.41) is 0. The smallest absolute Gasteiger partial charge is 0.209 e. The van der Waals surface area contributed by atoms with Crippen LogP contribution in [-0.2, 0) is 6.54 Å². The molecule has 2 heterocycles. The van der Waals surface area contributed by atoms with E-state index in [9.17, 15) is 9.59 Å². The second-order valence-corrected chi connectivity index (χ2v) is 5.29. The predicted molar refractivity (Wildman–Crippen MR) is 60.1 cm³/mol. The van der Waals surface area contributed by atoms with Gasteiger partial charge in [-0.15, -0.1) is 0 Å². The van der Waals surface area contributed by atoms with Crippen molar-refractivity contribution < 1.29 is 9.59 Å². The number of rotatable bonds is 0. The average molecular weight is 228 g/mol. The molecule has 1 aromatic heterocycles. The Balaban J connectivity index is 2.00. The van der Waals surface area contributed by atoms with E-state index in [0.29, 0.717) is 34.4 Å². The minimum Gasteiger partial charge on any atom is -0.324 e. The third-order valence-electron chi connectivity index (χ3n) is 4.34. The quantitative estimate of drug-likeness (QED) is 0.679. The van der Waals surface area contributed by atoms with Crippen molar-refractivity contribution in [3.63, 3.8) is 0 Å². The maximum Gasteiger partial charge on any atom is 0.209 e. The number of carbonyl (C=O) groups is 2. The molecule has 0 amide bonds. The molecule has 17 heavy (non-hydrogen) atoms. The molecule has 3 aliphatic rings. The van der Waals surface area contributed by atoms with Crippen molar-refractivity contribution in [1.29, 1.82) is 0 Å². The van der Waals surface area contributed by atoms with Gasteiger partial charge in [-0.05, 0) is 26.2 Å². The Labute approximate surface area is 98.3 Å². The van der Waals surface area contributed by atoms with Crippen molar-refractivity contribution in [1.82, 2.24) is 9.55 Å². The summed E-state index contributed by atoms with van der Waals surface area (Å²) in [4.78, 5) is 28.8. The number of allylic oxidation sites excluding steroid dienone is 2. The van der Waals surface area contributed by atoms with Gasteiger partial charge in [0, 0.05) is 23.6 Å².